The van der Waals surface area contributed by atoms with Crippen molar-refractivity contribution in [3.05, 3.63) is 11.9 Å². The highest BCUT2D eigenvalue weighted by Gasteiger charge is 2.55. The summed E-state index contributed by atoms with van der Waals surface area (Å²) in [6.07, 6.45) is 9.92. The SMILES string of the molecule is CNC(=O)[C@@H]1C[C@@H](n2cc(CN(C)C(=O)C34CC5CC(CC(C5)C3)C4)nn2)CN1. The van der Waals surface area contributed by atoms with Gasteiger partial charge >= 0.3 is 0 Å². The maximum absolute atomic E-state index is 13.4. The first-order valence-electron chi connectivity index (χ1n) is 11.1. The first kappa shape index (κ1) is 19.0. The van der Waals surface area contributed by atoms with E-state index in [0.717, 1.165) is 42.7 Å². The average molecular weight is 401 g/mol. The van der Waals surface area contributed by atoms with E-state index in [1.165, 1.54) is 19.3 Å². The van der Waals surface area contributed by atoms with Crippen molar-refractivity contribution in [1.82, 2.24) is 30.5 Å². The Morgan fingerprint density at radius 1 is 1.21 bits per heavy atom. The molecule has 158 valence electrons. The standard InChI is InChI=1S/C21H32N6O2/c1-22-19(28)18-6-17(10-23-18)27-12-16(24-25-27)11-26(2)20(29)21-7-13-3-14(8-21)5-15(4-13)9-21/h12-15,17-18,23H,3-11H2,1-2H3,(H,22,28)/t13?,14?,15?,17-,18+,21?/m1/s1. The van der Waals surface area contributed by atoms with Gasteiger partial charge in [0.2, 0.25) is 11.8 Å². The van der Waals surface area contributed by atoms with E-state index in [9.17, 15) is 9.59 Å². The number of nitrogens with zero attached hydrogens (tertiary/aromatic N) is 4. The Bertz CT molecular complexity index is 770. The lowest BCUT2D eigenvalue weighted by Crippen LogP contribution is -2.53. The Kier molecular flexibility index (Phi) is 4.64. The molecule has 8 nitrogen and oxygen atoms in total. The van der Waals surface area contributed by atoms with Crippen LogP contribution in [0.3, 0.4) is 0 Å². The number of hydrogen-bond donors (Lipinski definition) is 2. The van der Waals surface area contributed by atoms with Gasteiger partial charge in [0.25, 0.3) is 0 Å². The van der Waals surface area contributed by atoms with Crippen LogP contribution in [0.15, 0.2) is 6.20 Å². The summed E-state index contributed by atoms with van der Waals surface area (Å²) >= 11 is 0. The second kappa shape index (κ2) is 7.07. The van der Waals surface area contributed by atoms with Crippen molar-refractivity contribution in [1.29, 1.82) is 0 Å². The molecule has 4 saturated carbocycles. The number of rotatable bonds is 5. The lowest BCUT2D eigenvalue weighted by molar-refractivity contribution is -0.156. The largest absolute Gasteiger partial charge is 0.358 e. The van der Waals surface area contributed by atoms with E-state index in [4.69, 9.17) is 0 Å². The zero-order chi connectivity index (χ0) is 20.2. The Labute approximate surface area is 171 Å². The van der Waals surface area contributed by atoms with E-state index in [2.05, 4.69) is 20.9 Å². The van der Waals surface area contributed by atoms with Gasteiger partial charge in [-0.1, -0.05) is 5.21 Å². The van der Waals surface area contributed by atoms with Gasteiger partial charge in [-0.3, -0.25) is 9.59 Å². The van der Waals surface area contributed by atoms with E-state index in [1.54, 1.807) is 7.05 Å². The van der Waals surface area contributed by atoms with Crippen LogP contribution >= 0.6 is 0 Å². The predicted octanol–water partition coefficient (Wildman–Crippen LogP) is 1.10. The first-order chi connectivity index (χ1) is 14.0. The molecule has 6 rings (SSSR count). The van der Waals surface area contributed by atoms with E-state index in [-0.39, 0.29) is 23.4 Å². The quantitative estimate of drug-likeness (QED) is 0.772. The van der Waals surface area contributed by atoms with E-state index in [1.807, 2.05) is 22.8 Å². The van der Waals surface area contributed by atoms with Crippen LogP contribution in [0.4, 0.5) is 0 Å². The molecule has 8 heteroatoms. The Balaban J connectivity index is 1.22. The van der Waals surface area contributed by atoms with Gasteiger partial charge < -0.3 is 15.5 Å². The molecule has 2 atom stereocenters. The Morgan fingerprint density at radius 3 is 2.48 bits per heavy atom. The summed E-state index contributed by atoms with van der Waals surface area (Å²) in [5, 5.41) is 14.5. The molecule has 1 aromatic rings. The van der Waals surface area contributed by atoms with Crippen molar-refractivity contribution in [3.63, 3.8) is 0 Å². The van der Waals surface area contributed by atoms with Gasteiger partial charge in [-0.2, -0.15) is 0 Å². The first-order valence-corrected chi connectivity index (χ1v) is 11.1. The normalized spacial score (nSPS) is 37.7. The molecule has 5 fully saturated rings. The number of aromatic nitrogens is 3. The van der Waals surface area contributed by atoms with Gasteiger partial charge in [0.05, 0.1) is 30.2 Å². The highest BCUT2D eigenvalue weighted by atomic mass is 16.2. The second-order valence-corrected chi connectivity index (χ2v) is 10.0. The molecule has 29 heavy (non-hydrogen) atoms. The van der Waals surface area contributed by atoms with Crippen LogP contribution in [-0.4, -0.2) is 58.4 Å². The van der Waals surface area contributed by atoms with Crippen molar-refractivity contribution >= 4 is 11.8 Å². The molecule has 4 aliphatic carbocycles. The molecule has 5 aliphatic rings. The van der Waals surface area contributed by atoms with E-state index < -0.39 is 0 Å². The summed E-state index contributed by atoms with van der Waals surface area (Å²) in [5.74, 6) is 2.62. The van der Waals surface area contributed by atoms with Gasteiger partial charge in [-0.15, -0.1) is 5.10 Å². The predicted molar refractivity (Wildman–Crippen MR) is 107 cm³/mol. The fraction of sp³-hybridized carbons (Fsp3) is 0.810. The number of carbonyl (C=O) groups excluding carboxylic acids is 2. The van der Waals surface area contributed by atoms with Gasteiger partial charge in [0, 0.05) is 20.6 Å². The molecule has 2 amide bonds. The van der Waals surface area contributed by atoms with Crippen LogP contribution in [0.1, 0.15) is 56.7 Å². The lowest BCUT2D eigenvalue weighted by atomic mass is 9.49. The number of carbonyl (C=O) groups is 2. The highest BCUT2D eigenvalue weighted by molar-refractivity contribution is 5.83. The van der Waals surface area contributed by atoms with Crippen LogP contribution in [0.25, 0.3) is 0 Å². The molecule has 1 aliphatic heterocycles. The Hall–Kier alpha value is -1.96. The number of nitrogens with one attached hydrogen (secondary N) is 2. The maximum Gasteiger partial charge on any atom is 0.236 e. The summed E-state index contributed by atoms with van der Waals surface area (Å²) in [5.41, 5.74) is 0.698. The molecule has 0 radical (unpaired) electrons. The molecule has 2 N–H and O–H groups in total. The molecular weight excluding hydrogens is 368 g/mol. The zero-order valence-electron chi connectivity index (χ0n) is 17.4. The van der Waals surface area contributed by atoms with Gasteiger partial charge in [0.1, 0.15) is 5.69 Å². The molecule has 0 aromatic carbocycles. The fourth-order valence-electron chi connectivity index (χ4n) is 6.95. The van der Waals surface area contributed by atoms with Crippen molar-refractivity contribution < 1.29 is 9.59 Å². The van der Waals surface area contributed by atoms with Crippen molar-refractivity contribution in [2.24, 2.45) is 23.2 Å². The third kappa shape index (κ3) is 3.35. The molecule has 4 bridgehead atoms. The molecule has 1 saturated heterocycles. The summed E-state index contributed by atoms with van der Waals surface area (Å²) in [6.45, 7) is 1.20. The average Bonchev–Trinajstić information content (AvgIpc) is 3.35. The molecule has 0 spiro atoms. The van der Waals surface area contributed by atoms with Gasteiger partial charge in [-0.25, -0.2) is 4.68 Å². The van der Waals surface area contributed by atoms with E-state index in [0.29, 0.717) is 25.4 Å². The molecule has 2 heterocycles. The molecule has 1 aromatic heterocycles. The zero-order valence-corrected chi connectivity index (χ0v) is 17.4. The van der Waals surface area contributed by atoms with Crippen LogP contribution < -0.4 is 10.6 Å². The van der Waals surface area contributed by atoms with Crippen molar-refractivity contribution in [2.45, 2.75) is 63.6 Å². The topological polar surface area (TPSA) is 92.2 Å². The Morgan fingerprint density at radius 2 is 1.86 bits per heavy atom. The van der Waals surface area contributed by atoms with Crippen molar-refractivity contribution in [2.75, 3.05) is 20.6 Å². The fourth-order valence-corrected chi connectivity index (χ4v) is 6.95. The number of amides is 2. The lowest BCUT2D eigenvalue weighted by Gasteiger charge is -2.56. The van der Waals surface area contributed by atoms with Crippen LogP contribution in [0, 0.1) is 23.2 Å². The van der Waals surface area contributed by atoms with Gasteiger partial charge in [-0.05, 0) is 62.7 Å². The summed E-state index contributed by atoms with van der Waals surface area (Å²) in [6, 6.07) is -0.0688. The summed E-state index contributed by atoms with van der Waals surface area (Å²) in [4.78, 5) is 27.1. The van der Waals surface area contributed by atoms with Crippen molar-refractivity contribution in [3.8, 4) is 0 Å². The van der Waals surface area contributed by atoms with E-state index >= 15 is 0 Å². The van der Waals surface area contributed by atoms with Crippen LogP contribution in [0.2, 0.25) is 0 Å². The second-order valence-electron chi connectivity index (χ2n) is 10.0. The number of hydrogen-bond acceptors (Lipinski definition) is 5. The minimum absolute atomic E-state index is 0.00809. The smallest absolute Gasteiger partial charge is 0.236 e. The third-order valence-electron chi connectivity index (χ3n) is 7.84. The summed E-state index contributed by atoms with van der Waals surface area (Å²) in [7, 11) is 3.57. The minimum atomic E-state index is -0.182. The highest BCUT2D eigenvalue weighted by Crippen LogP contribution is 2.60. The monoisotopic (exact) mass is 400 g/mol. The molecule has 0 unspecified atom stereocenters. The summed E-state index contributed by atoms with van der Waals surface area (Å²) < 4.78 is 1.84. The number of likely N-dealkylation sites (N-methyl/N-ethyl adjacent to an activating group) is 1. The van der Waals surface area contributed by atoms with Crippen LogP contribution in [-0.2, 0) is 16.1 Å². The minimum Gasteiger partial charge on any atom is -0.358 e. The molecular formula is C21H32N6O2. The van der Waals surface area contributed by atoms with Crippen LogP contribution in [0.5, 0.6) is 0 Å². The van der Waals surface area contributed by atoms with Gasteiger partial charge in [0.15, 0.2) is 0 Å². The third-order valence-corrected chi connectivity index (χ3v) is 7.84. The maximum atomic E-state index is 13.4.